The second-order valence-electron chi connectivity index (χ2n) is 7.25. The number of rotatable bonds is 3. The number of amides is 1. The molecule has 0 aliphatic carbocycles. The number of hydrogen-bond donors (Lipinski definition) is 0. The van der Waals surface area contributed by atoms with E-state index in [9.17, 15) is 9.59 Å². The maximum atomic E-state index is 12.8. The van der Waals surface area contributed by atoms with Crippen molar-refractivity contribution < 1.29 is 13.9 Å². The number of carbonyl (C=O) groups excluding carboxylic acids is 1. The Morgan fingerprint density at radius 2 is 1.93 bits per heavy atom. The van der Waals surface area contributed by atoms with Gasteiger partial charge >= 0.3 is 5.63 Å². The van der Waals surface area contributed by atoms with Gasteiger partial charge in [-0.3, -0.25) is 4.79 Å². The topological polar surface area (TPSA) is 59.8 Å². The van der Waals surface area contributed by atoms with Gasteiger partial charge in [0, 0.05) is 24.1 Å². The molecule has 1 aliphatic rings. The Bertz CT molecular complexity index is 1070. The number of nitrogens with zero attached hydrogens (tertiary/aromatic N) is 1. The summed E-state index contributed by atoms with van der Waals surface area (Å²) in [7, 11) is 0. The van der Waals surface area contributed by atoms with E-state index in [1.165, 1.54) is 17.2 Å². The Morgan fingerprint density at radius 1 is 1.15 bits per heavy atom. The minimum absolute atomic E-state index is 0.0613. The van der Waals surface area contributed by atoms with Gasteiger partial charge in [0.25, 0.3) is 5.91 Å². The van der Waals surface area contributed by atoms with Crippen molar-refractivity contribution in [1.29, 1.82) is 0 Å². The van der Waals surface area contributed by atoms with Crippen LogP contribution in [0.3, 0.4) is 0 Å². The van der Waals surface area contributed by atoms with E-state index in [1.807, 2.05) is 17.0 Å². The molecule has 0 N–H and O–H groups in total. The molecule has 2 aromatic carbocycles. The van der Waals surface area contributed by atoms with Crippen LogP contribution >= 0.6 is 0 Å². The number of ether oxygens (including phenoxy) is 1. The van der Waals surface area contributed by atoms with Crippen LogP contribution < -0.4 is 10.4 Å². The summed E-state index contributed by atoms with van der Waals surface area (Å²) in [5.74, 6) is 0.435. The van der Waals surface area contributed by atoms with E-state index >= 15 is 0 Å². The smallest absolute Gasteiger partial charge is 0.336 e. The Morgan fingerprint density at radius 3 is 2.78 bits per heavy atom. The van der Waals surface area contributed by atoms with Gasteiger partial charge in [0.2, 0.25) is 0 Å². The second-order valence-corrected chi connectivity index (χ2v) is 7.25. The molecular formula is C22H21NO4. The molecule has 0 saturated heterocycles. The highest BCUT2D eigenvalue weighted by Crippen LogP contribution is 2.35. The first kappa shape index (κ1) is 17.3. The molecule has 0 saturated carbocycles. The first-order chi connectivity index (χ1) is 12.9. The number of fused-ring (bicyclic) bond motifs is 2. The van der Waals surface area contributed by atoms with Crippen molar-refractivity contribution in [2.75, 3.05) is 13.2 Å². The molecule has 4 rings (SSSR count). The van der Waals surface area contributed by atoms with Crippen molar-refractivity contribution in [3.8, 4) is 5.75 Å². The first-order valence-corrected chi connectivity index (χ1v) is 9.01. The molecule has 3 aromatic rings. The van der Waals surface area contributed by atoms with Gasteiger partial charge < -0.3 is 14.1 Å². The maximum Gasteiger partial charge on any atom is 0.336 e. The second kappa shape index (κ2) is 6.58. The van der Waals surface area contributed by atoms with Crippen LogP contribution in [0.5, 0.6) is 5.75 Å². The summed E-state index contributed by atoms with van der Waals surface area (Å²) in [6.45, 7) is 4.73. The van der Waals surface area contributed by atoms with Crippen LogP contribution in [0, 0.1) is 0 Å². The quantitative estimate of drug-likeness (QED) is 0.669. The highest BCUT2D eigenvalue weighted by Gasteiger charge is 2.37. The van der Waals surface area contributed by atoms with Crippen LogP contribution in [-0.2, 0) is 16.8 Å². The monoisotopic (exact) mass is 363 g/mol. The van der Waals surface area contributed by atoms with E-state index < -0.39 is 5.63 Å². The van der Waals surface area contributed by atoms with Crippen LogP contribution in [0.4, 0.5) is 0 Å². The summed E-state index contributed by atoms with van der Waals surface area (Å²) in [6.07, 6.45) is 0.840. The van der Waals surface area contributed by atoms with Crippen molar-refractivity contribution in [2.24, 2.45) is 0 Å². The number of carbonyl (C=O) groups is 1. The van der Waals surface area contributed by atoms with Gasteiger partial charge in [0.15, 0.2) is 6.61 Å². The molecule has 27 heavy (non-hydrogen) atoms. The van der Waals surface area contributed by atoms with Gasteiger partial charge in [0.05, 0.1) is 5.54 Å². The molecule has 1 amide bonds. The maximum absolute atomic E-state index is 12.8. The van der Waals surface area contributed by atoms with E-state index in [0.29, 0.717) is 17.9 Å². The Labute approximate surface area is 157 Å². The van der Waals surface area contributed by atoms with Crippen LogP contribution in [0.25, 0.3) is 11.0 Å². The van der Waals surface area contributed by atoms with Gasteiger partial charge in [0.1, 0.15) is 11.3 Å². The minimum Gasteiger partial charge on any atom is -0.484 e. The summed E-state index contributed by atoms with van der Waals surface area (Å²) >= 11 is 0. The third-order valence-electron chi connectivity index (χ3n) is 5.21. The van der Waals surface area contributed by atoms with Crippen molar-refractivity contribution >= 4 is 16.9 Å². The average molecular weight is 363 g/mol. The van der Waals surface area contributed by atoms with E-state index in [1.54, 1.807) is 24.3 Å². The summed E-state index contributed by atoms with van der Waals surface area (Å²) in [6, 6.07) is 16.5. The largest absolute Gasteiger partial charge is 0.484 e. The highest BCUT2D eigenvalue weighted by molar-refractivity contribution is 5.80. The molecule has 1 aliphatic heterocycles. The molecule has 5 heteroatoms. The van der Waals surface area contributed by atoms with Crippen molar-refractivity contribution in [1.82, 2.24) is 4.90 Å². The zero-order chi connectivity index (χ0) is 19.0. The van der Waals surface area contributed by atoms with E-state index in [0.717, 1.165) is 11.8 Å². The fourth-order valence-corrected chi connectivity index (χ4v) is 3.78. The first-order valence-electron chi connectivity index (χ1n) is 9.01. The van der Waals surface area contributed by atoms with E-state index in [2.05, 4.69) is 26.0 Å². The fourth-order valence-electron chi connectivity index (χ4n) is 3.78. The summed E-state index contributed by atoms with van der Waals surface area (Å²) in [5.41, 5.74) is 2.11. The van der Waals surface area contributed by atoms with Crippen molar-refractivity contribution in [3.63, 3.8) is 0 Å². The normalized spacial score (nSPS) is 15.4. The Kier molecular flexibility index (Phi) is 4.22. The zero-order valence-corrected chi connectivity index (χ0v) is 15.4. The van der Waals surface area contributed by atoms with Crippen LogP contribution in [0.1, 0.15) is 25.0 Å². The SMILES string of the molecule is CC1(C)c2ccccc2CCN1C(=O)COc1ccc2ccc(=O)oc2c1. The lowest BCUT2D eigenvalue weighted by molar-refractivity contribution is -0.139. The third kappa shape index (κ3) is 3.21. The minimum atomic E-state index is -0.413. The molecule has 0 spiro atoms. The predicted molar refractivity (Wildman–Crippen MR) is 103 cm³/mol. The lowest BCUT2D eigenvalue weighted by Crippen LogP contribution is -2.51. The molecule has 138 valence electrons. The van der Waals surface area contributed by atoms with Gasteiger partial charge in [-0.25, -0.2) is 4.79 Å². The summed E-state index contributed by atoms with van der Waals surface area (Å²) in [5, 5.41) is 0.807. The van der Waals surface area contributed by atoms with Crippen molar-refractivity contribution in [3.05, 3.63) is 76.1 Å². The lowest BCUT2D eigenvalue weighted by atomic mass is 9.83. The Balaban J connectivity index is 1.51. The molecule has 0 unspecified atom stereocenters. The molecule has 0 fully saturated rings. The van der Waals surface area contributed by atoms with Crippen molar-refractivity contribution in [2.45, 2.75) is 25.8 Å². The average Bonchev–Trinajstić information content (AvgIpc) is 2.66. The molecule has 2 heterocycles. The lowest BCUT2D eigenvalue weighted by Gasteiger charge is -2.43. The van der Waals surface area contributed by atoms with Gasteiger partial charge in [-0.15, -0.1) is 0 Å². The summed E-state index contributed by atoms with van der Waals surface area (Å²) < 4.78 is 10.9. The Hall–Kier alpha value is -3.08. The van der Waals surface area contributed by atoms with Crippen LogP contribution in [-0.4, -0.2) is 24.0 Å². The van der Waals surface area contributed by atoms with E-state index in [4.69, 9.17) is 9.15 Å². The standard InChI is InChI=1S/C22H21NO4/c1-22(2)18-6-4-3-5-15(18)11-12-23(22)20(24)14-26-17-9-7-16-8-10-21(25)27-19(16)13-17/h3-10,13H,11-12,14H2,1-2H3. The third-order valence-corrected chi connectivity index (χ3v) is 5.21. The highest BCUT2D eigenvalue weighted by atomic mass is 16.5. The predicted octanol–water partition coefficient (Wildman–Crippen LogP) is 3.49. The summed E-state index contributed by atoms with van der Waals surface area (Å²) in [4.78, 5) is 26.1. The molecule has 0 bridgehead atoms. The molecule has 0 radical (unpaired) electrons. The number of hydrogen-bond acceptors (Lipinski definition) is 4. The number of benzene rings is 2. The molecule has 0 atom stereocenters. The zero-order valence-electron chi connectivity index (χ0n) is 15.4. The van der Waals surface area contributed by atoms with E-state index in [-0.39, 0.29) is 18.1 Å². The van der Waals surface area contributed by atoms with Crippen LogP contribution in [0.2, 0.25) is 0 Å². The van der Waals surface area contributed by atoms with Crippen LogP contribution in [0.15, 0.2) is 63.8 Å². The molecule has 5 nitrogen and oxygen atoms in total. The van der Waals surface area contributed by atoms with Gasteiger partial charge in [-0.2, -0.15) is 0 Å². The van der Waals surface area contributed by atoms with Gasteiger partial charge in [-0.05, 0) is 49.6 Å². The molecular weight excluding hydrogens is 342 g/mol. The molecule has 1 aromatic heterocycles. The van der Waals surface area contributed by atoms with Gasteiger partial charge in [-0.1, -0.05) is 24.3 Å². The fraction of sp³-hybridized carbons (Fsp3) is 0.273.